The Morgan fingerprint density at radius 2 is 2.40 bits per heavy atom. The maximum absolute atomic E-state index is 9.26. The molecule has 0 rings (SSSR count). The van der Waals surface area contributed by atoms with E-state index in [1.165, 1.54) is 0 Å². The lowest BCUT2D eigenvalue weighted by atomic mass is 10.8. The number of hydrogen-bond donors (Lipinski definition) is 2. The van der Waals surface area contributed by atoms with Crippen molar-refractivity contribution in [2.24, 2.45) is 0 Å². The molecule has 0 unspecified atom stereocenters. The van der Waals surface area contributed by atoms with Crippen molar-refractivity contribution in [1.29, 1.82) is 0 Å². The van der Waals surface area contributed by atoms with Gasteiger partial charge in [0.05, 0.1) is 1.37 Å². The highest BCUT2D eigenvalue weighted by Crippen LogP contribution is 1.48. The van der Waals surface area contributed by atoms with Gasteiger partial charge in [0.15, 0.2) is 0 Å². The van der Waals surface area contributed by atoms with Crippen molar-refractivity contribution in [3.8, 4) is 0 Å². The van der Waals surface area contributed by atoms with Gasteiger partial charge in [-0.05, 0) is 0 Å². The first kappa shape index (κ1) is 2.66. The number of rotatable bonds is 1. The molecule has 0 heterocycles. The molecule has 1 atom stereocenters. The molecule has 5 heavy (non-hydrogen) atoms. The van der Waals surface area contributed by atoms with Gasteiger partial charge in [0.2, 0.25) is 0 Å². The molecular formula is C2H4O3. The zero-order valence-electron chi connectivity index (χ0n) is 3.38. The van der Waals surface area contributed by atoms with Crippen LogP contribution in [0, 0.1) is 0 Å². The van der Waals surface area contributed by atoms with E-state index in [1.807, 2.05) is 0 Å². The zero-order valence-corrected chi connectivity index (χ0v) is 2.38. The van der Waals surface area contributed by atoms with Gasteiger partial charge in [-0.3, -0.25) is 0 Å². The average molecular weight is 78.1 g/mol. The van der Waals surface area contributed by atoms with Crippen molar-refractivity contribution in [3.05, 3.63) is 0 Å². The predicted molar refractivity (Wildman–Crippen MR) is 14.7 cm³/mol. The third-order valence-electron chi connectivity index (χ3n) is 0.110. The molecule has 3 nitrogen and oxygen atoms in total. The summed E-state index contributed by atoms with van der Waals surface area (Å²) >= 11 is 0. The maximum Gasteiger partial charge on any atom is 0.329 e. The predicted octanol–water partition coefficient (Wildman–Crippen LogP) is -0.937. The fourth-order valence-electron chi connectivity index (χ4n) is 0. The number of aliphatic hydroxyl groups is 1. The number of carbonyl (C=O) groups is 1. The second-order valence-corrected chi connectivity index (χ2v) is 0.467. The van der Waals surface area contributed by atoms with Crippen LogP contribution in [0.4, 0.5) is 0 Å². The third kappa shape index (κ3) is 3.43. The van der Waals surface area contributed by atoms with Gasteiger partial charge in [0, 0.05) is 0 Å². The fraction of sp³-hybridized carbons (Fsp3) is 0.500. The van der Waals surface area contributed by atoms with E-state index in [2.05, 4.69) is 0 Å². The molecule has 0 aliphatic rings. The Labute approximate surface area is 30.3 Å². The topological polar surface area (TPSA) is 57.5 Å². The van der Waals surface area contributed by atoms with Crippen molar-refractivity contribution in [1.82, 2.24) is 0 Å². The van der Waals surface area contributed by atoms with Crippen LogP contribution < -0.4 is 0 Å². The molecule has 0 aromatic carbocycles. The quantitative estimate of drug-likeness (QED) is 0.425. The van der Waals surface area contributed by atoms with Crippen molar-refractivity contribution < 1.29 is 16.4 Å². The van der Waals surface area contributed by atoms with E-state index in [1.54, 1.807) is 0 Å². The highest BCUT2D eigenvalue weighted by molar-refractivity contribution is 5.67. The smallest absolute Gasteiger partial charge is 0.329 e. The van der Waals surface area contributed by atoms with Crippen LogP contribution in [0.25, 0.3) is 0 Å². The number of hydrogen-bond acceptors (Lipinski definition) is 2. The van der Waals surface area contributed by atoms with Crippen LogP contribution in [0.3, 0.4) is 0 Å². The van der Waals surface area contributed by atoms with Gasteiger partial charge in [-0.2, -0.15) is 0 Å². The Morgan fingerprint density at radius 3 is 2.40 bits per heavy atom. The van der Waals surface area contributed by atoms with Crippen molar-refractivity contribution in [2.75, 3.05) is 6.58 Å². The molecule has 3 heteroatoms. The van der Waals surface area contributed by atoms with Crippen LogP contribution in [0.1, 0.15) is 1.37 Å². The molecule has 0 bridgehead atoms. The third-order valence-corrected chi connectivity index (χ3v) is 0.110. The van der Waals surface area contributed by atoms with Crippen molar-refractivity contribution >= 4 is 5.97 Å². The average Bonchev–Trinajstić information content (AvgIpc) is 1.36. The van der Waals surface area contributed by atoms with Gasteiger partial charge in [-0.15, -0.1) is 0 Å². The number of carboxylic acid groups (broad SMARTS) is 1. The molecule has 0 fully saturated rings. The second kappa shape index (κ2) is 1.72. The molecule has 0 aliphatic heterocycles. The van der Waals surface area contributed by atoms with Crippen molar-refractivity contribution in [3.63, 3.8) is 0 Å². The molecular weight excluding hydrogens is 72.0 g/mol. The SMILES string of the molecule is [3H][C@@H](O)C(=O)O. The van der Waals surface area contributed by atoms with Gasteiger partial charge in [0.1, 0.15) is 6.58 Å². The Kier molecular flexibility index (Phi) is 0.914. The molecule has 0 saturated heterocycles. The minimum Gasteiger partial charge on any atom is -0.480 e. The first-order valence-electron chi connectivity index (χ1n) is 1.55. The highest BCUT2D eigenvalue weighted by Gasteiger charge is 1.82. The minimum atomic E-state index is -1.98. The zero-order chi connectivity index (χ0) is 5.15. The Balaban J connectivity index is 3.26. The van der Waals surface area contributed by atoms with Crippen LogP contribution in [0.5, 0.6) is 0 Å². The van der Waals surface area contributed by atoms with Crippen LogP contribution in [0.15, 0.2) is 0 Å². The van der Waals surface area contributed by atoms with E-state index in [0.717, 1.165) is 0 Å². The van der Waals surface area contributed by atoms with E-state index in [9.17, 15) is 4.79 Å². The molecule has 0 amide bonds. The van der Waals surface area contributed by atoms with Gasteiger partial charge in [-0.25, -0.2) is 4.79 Å². The summed E-state index contributed by atoms with van der Waals surface area (Å²) in [6, 6.07) is 0. The normalized spacial score (nSPS) is 16.6. The van der Waals surface area contributed by atoms with Gasteiger partial charge in [-0.1, -0.05) is 0 Å². The molecule has 0 aromatic rings. The standard InChI is InChI=1S/C2H4O3/c3-1-2(4)5/h3H,1H2,(H,4,5)/i1T/t1-/m1/s1. The summed E-state index contributed by atoms with van der Waals surface area (Å²) in [5.74, 6) is -1.52. The van der Waals surface area contributed by atoms with Gasteiger partial charge in [0.25, 0.3) is 0 Å². The molecule has 30 valence electrons. The van der Waals surface area contributed by atoms with E-state index in [4.69, 9.17) is 11.6 Å². The Hall–Kier alpha value is -0.570. The van der Waals surface area contributed by atoms with Gasteiger partial charge < -0.3 is 10.2 Å². The van der Waals surface area contributed by atoms with Crippen LogP contribution >= 0.6 is 0 Å². The van der Waals surface area contributed by atoms with E-state index in [0.29, 0.717) is 0 Å². The highest BCUT2D eigenvalue weighted by atomic mass is 16.4. The fourth-order valence-corrected chi connectivity index (χ4v) is 0. The number of aliphatic hydroxyl groups excluding tert-OH is 1. The van der Waals surface area contributed by atoms with E-state index in [-0.39, 0.29) is 0 Å². The summed E-state index contributed by atoms with van der Waals surface area (Å²) in [6.07, 6.45) is 0. The largest absolute Gasteiger partial charge is 0.480 e. The lowest BCUT2D eigenvalue weighted by Gasteiger charge is -1.72. The molecule has 0 radical (unpaired) electrons. The lowest BCUT2D eigenvalue weighted by Crippen LogP contribution is -1.98. The first-order chi connectivity index (χ1) is 2.64. The lowest BCUT2D eigenvalue weighted by molar-refractivity contribution is -0.140. The molecule has 0 aromatic heterocycles. The monoisotopic (exact) mass is 78.0 g/mol. The summed E-state index contributed by atoms with van der Waals surface area (Å²) in [7, 11) is 0. The van der Waals surface area contributed by atoms with Crippen LogP contribution in [-0.2, 0) is 4.79 Å². The van der Waals surface area contributed by atoms with Crippen LogP contribution in [-0.4, -0.2) is 22.8 Å². The summed E-state index contributed by atoms with van der Waals surface area (Å²) in [5.41, 5.74) is 0. The first-order valence-corrected chi connectivity index (χ1v) is 0.975. The summed E-state index contributed by atoms with van der Waals surface area (Å²) in [4.78, 5) is 9.26. The number of carboxylic acids is 1. The summed E-state index contributed by atoms with van der Waals surface area (Å²) < 4.78 is 5.99. The Bertz CT molecular complexity index is 59.8. The van der Waals surface area contributed by atoms with Crippen molar-refractivity contribution in [2.45, 2.75) is 0 Å². The Morgan fingerprint density at radius 1 is 2.20 bits per heavy atom. The summed E-state index contributed by atoms with van der Waals surface area (Å²) in [6.45, 7) is -1.98. The maximum atomic E-state index is 9.26. The van der Waals surface area contributed by atoms with E-state index >= 15 is 0 Å². The van der Waals surface area contributed by atoms with E-state index < -0.39 is 12.6 Å². The summed E-state index contributed by atoms with van der Waals surface area (Å²) in [5, 5.41) is 15.2. The van der Waals surface area contributed by atoms with Crippen LogP contribution in [0.2, 0.25) is 0 Å². The minimum absolute atomic E-state index is 1.52. The molecule has 0 spiro atoms. The van der Waals surface area contributed by atoms with Gasteiger partial charge >= 0.3 is 5.97 Å². The molecule has 0 aliphatic carbocycles. The second-order valence-electron chi connectivity index (χ2n) is 0.467. The number of aliphatic carboxylic acids is 1. The molecule has 0 saturated carbocycles. The molecule has 2 N–H and O–H groups in total.